The van der Waals surface area contributed by atoms with Crippen LogP contribution in [0.5, 0.6) is 0 Å². The molecular formula is C8H15NS. The van der Waals surface area contributed by atoms with E-state index in [1.54, 1.807) is 0 Å². The lowest BCUT2D eigenvalue weighted by atomic mass is 10.3. The SMILES string of the molecule is CCN(C)C1=CCCCS1. The molecule has 0 aromatic carbocycles. The molecule has 0 fully saturated rings. The van der Waals surface area contributed by atoms with Crippen molar-refractivity contribution < 1.29 is 0 Å². The second-order valence-corrected chi connectivity index (χ2v) is 3.66. The zero-order valence-corrected chi connectivity index (χ0v) is 7.58. The fourth-order valence-electron chi connectivity index (χ4n) is 0.966. The minimum Gasteiger partial charge on any atom is -0.370 e. The Morgan fingerprint density at radius 1 is 1.70 bits per heavy atom. The summed E-state index contributed by atoms with van der Waals surface area (Å²) in [5, 5.41) is 1.47. The number of hydrogen-bond acceptors (Lipinski definition) is 2. The zero-order chi connectivity index (χ0) is 7.40. The van der Waals surface area contributed by atoms with Crippen LogP contribution in [0.2, 0.25) is 0 Å². The number of thioether (sulfide) groups is 1. The largest absolute Gasteiger partial charge is 0.370 e. The summed E-state index contributed by atoms with van der Waals surface area (Å²) in [5.74, 6) is 1.30. The van der Waals surface area contributed by atoms with Crippen LogP contribution >= 0.6 is 11.8 Å². The second kappa shape index (κ2) is 3.91. The molecule has 0 N–H and O–H groups in total. The normalized spacial score (nSPS) is 18.4. The summed E-state index contributed by atoms with van der Waals surface area (Å²) >= 11 is 1.98. The molecule has 1 heterocycles. The quantitative estimate of drug-likeness (QED) is 0.605. The van der Waals surface area contributed by atoms with E-state index in [9.17, 15) is 0 Å². The standard InChI is InChI=1S/C8H15NS/c1-3-9(2)8-6-4-5-7-10-8/h6H,3-5,7H2,1-2H3. The van der Waals surface area contributed by atoms with Crippen molar-refractivity contribution in [1.82, 2.24) is 4.90 Å². The number of nitrogens with zero attached hydrogens (tertiary/aromatic N) is 1. The third-order valence-corrected chi connectivity index (χ3v) is 3.03. The zero-order valence-electron chi connectivity index (χ0n) is 6.76. The Labute approximate surface area is 67.5 Å². The summed E-state index contributed by atoms with van der Waals surface area (Å²) in [7, 11) is 2.16. The molecule has 0 radical (unpaired) electrons. The Bertz CT molecular complexity index is 131. The Morgan fingerprint density at radius 3 is 3.00 bits per heavy atom. The fraction of sp³-hybridized carbons (Fsp3) is 0.750. The van der Waals surface area contributed by atoms with Gasteiger partial charge in [-0.1, -0.05) is 6.08 Å². The lowest BCUT2D eigenvalue weighted by Gasteiger charge is -2.22. The number of hydrogen-bond donors (Lipinski definition) is 0. The van der Waals surface area contributed by atoms with Gasteiger partial charge in [0.15, 0.2) is 0 Å². The van der Waals surface area contributed by atoms with Gasteiger partial charge < -0.3 is 4.90 Å². The summed E-state index contributed by atoms with van der Waals surface area (Å²) in [6.45, 7) is 3.31. The van der Waals surface area contributed by atoms with Gasteiger partial charge in [-0.25, -0.2) is 0 Å². The summed E-state index contributed by atoms with van der Waals surface area (Å²) in [6.07, 6.45) is 4.97. The molecule has 0 spiro atoms. The minimum absolute atomic E-state index is 1.12. The van der Waals surface area contributed by atoms with Crippen LogP contribution in [0.15, 0.2) is 11.1 Å². The van der Waals surface area contributed by atoms with E-state index in [4.69, 9.17) is 0 Å². The summed E-state index contributed by atoms with van der Waals surface area (Å²) in [4.78, 5) is 2.31. The first kappa shape index (κ1) is 7.99. The first-order valence-electron chi connectivity index (χ1n) is 3.88. The molecule has 1 nitrogen and oxygen atoms in total. The topological polar surface area (TPSA) is 3.24 Å². The third kappa shape index (κ3) is 1.94. The molecule has 1 rings (SSSR count). The van der Waals surface area contributed by atoms with E-state index in [2.05, 4.69) is 24.9 Å². The summed E-state index contributed by atoms with van der Waals surface area (Å²) in [5.41, 5.74) is 0. The van der Waals surface area contributed by atoms with Gasteiger partial charge in [0, 0.05) is 13.6 Å². The fourth-order valence-corrected chi connectivity index (χ4v) is 2.07. The molecule has 0 amide bonds. The van der Waals surface area contributed by atoms with Crippen molar-refractivity contribution in [3.8, 4) is 0 Å². The average molecular weight is 157 g/mol. The van der Waals surface area contributed by atoms with Crippen LogP contribution in [0.3, 0.4) is 0 Å². The molecule has 0 aromatic rings. The minimum atomic E-state index is 1.12. The molecule has 0 aromatic heterocycles. The van der Waals surface area contributed by atoms with Gasteiger partial charge in [-0.15, -0.1) is 11.8 Å². The second-order valence-electron chi connectivity index (χ2n) is 2.55. The Hall–Kier alpha value is -0.110. The Morgan fingerprint density at radius 2 is 2.50 bits per heavy atom. The van der Waals surface area contributed by atoms with Gasteiger partial charge in [0.1, 0.15) is 0 Å². The van der Waals surface area contributed by atoms with Gasteiger partial charge in [0.25, 0.3) is 0 Å². The lowest BCUT2D eigenvalue weighted by Crippen LogP contribution is -2.16. The summed E-state index contributed by atoms with van der Waals surface area (Å²) < 4.78 is 0. The first-order valence-corrected chi connectivity index (χ1v) is 4.87. The molecule has 1 aliphatic heterocycles. The molecule has 0 saturated heterocycles. The van der Waals surface area contributed by atoms with Gasteiger partial charge in [-0.05, 0) is 25.5 Å². The van der Waals surface area contributed by atoms with Crippen LogP contribution in [0.25, 0.3) is 0 Å². The van der Waals surface area contributed by atoms with E-state index in [1.807, 2.05) is 11.8 Å². The molecule has 2 heteroatoms. The van der Waals surface area contributed by atoms with E-state index in [0.717, 1.165) is 6.54 Å². The van der Waals surface area contributed by atoms with Crippen LogP contribution in [0.4, 0.5) is 0 Å². The van der Waals surface area contributed by atoms with Crippen LogP contribution < -0.4 is 0 Å². The van der Waals surface area contributed by atoms with Crippen molar-refractivity contribution >= 4 is 11.8 Å². The van der Waals surface area contributed by atoms with Crippen LogP contribution in [-0.4, -0.2) is 24.2 Å². The van der Waals surface area contributed by atoms with E-state index in [-0.39, 0.29) is 0 Å². The maximum Gasteiger partial charge on any atom is 0.0664 e. The van der Waals surface area contributed by atoms with Gasteiger partial charge in [0.05, 0.1) is 5.03 Å². The van der Waals surface area contributed by atoms with Crippen LogP contribution in [-0.2, 0) is 0 Å². The van der Waals surface area contributed by atoms with Gasteiger partial charge in [-0.2, -0.15) is 0 Å². The van der Waals surface area contributed by atoms with Crippen molar-refractivity contribution in [3.63, 3.8) is 0 Å². The van der Waals surface area contributed by atoms with Crippen LogP contribution in [0, 0.1) is 0 Å². The molecule has 1 aliphatic rings. The van der Waals surface area contributed by atoms with Gasteiger partial charge in [0.2, 0.25) is 0 Å². The van der Waals surface area contributed by atoms with Gasteiger partial charge >= 0.3 is 0 Å². The lowest BCUT2D eigenvalue weighted by molar-refractivity contribution is 0.469. The van der Waals surface area contributed by atoms with Crippen LogP contribution in [0.1, 0.15) is 19.8 Å². The molecular weight excluding hydrogens is 142 g/mol. The highest BCUT2D eigenvalue weighted by molar-refractivity contribution is 8.03. The molecule has 0 saturated carbocycles. The smallest absolute Gasteiger partial charge is 0.0664 e. The van der Waals surface area contributed by atoms with Crippen molar-refractivity contribution in [3.05, 3.63) is 11.1 Å². The van der Waals surface area contributed by atoms with Crippen molar-refractivity contribution in [1.29, 1.82) is 0 Å². The van der Waals surface area contributed by atoms with Gasteiger partial charge in [-0.3, -0.25) is 0 Å². The predicted octanol–water partition coefficient (Wildman–Crippen LogP) is 2.31. The third-order valence-electron chi connectivity index (χ3n) is 1.77. The maximum atomic E-state index is 2.34. The van der Waals surface area contributed by atoms with Crippen molar-refractivity contribution in [2.45, 2.75) is 19.8 Å². The average Bonchev–Trinajstić information content (AvgIpc) is 2.05. The van der Waals surface area contributed by atoms with E-state index < -0.39 is 0 Å². The van der Waals surface area contributed by atoms with E-state index in [0.29, 0.717) is 0 Å². The molecule has 0 unspecified atom stereocenters. The monoisotopic (exact) mass is 157 g/mol. The highest BCUT2D eigenvalue weighted by atomic mass is 32.2. The molecule has 10 heavy (non-hydrogen) atoms. The molecule has 0 aliphatic carbocycles. The molecule has 0 bridgehead atoms. The van der Waals surface area contributed by atoms with Crippen molar-refractivity contribution in [2.75, 3.05) is 19.3 Å². The Balaban J connectivity index is 2.44. The Kier molecular flexibility index (Phi) is 3.13. The number of allylic oxidation sites excluding steroid dienone is 1. The predicted molar refractivity (Wildman–Crippen MR) is 48.1 cm³/mol. The van der Waals surface area contributed by atoms with Crippen molar-refractivity contribution in [2.24, 2.45) is 0 Å². The molecule has 0 atom stereocenters. The summed E-state index contributed by atoms with van der Waals surface area (Å²) in [6, 6.07) is 0. The van der Waals surface area contributed by atoms with E-state index >= 15 is 0 Å². The molecule has 58 valence electrons. The number of rotatable bonds is 2. The first-order chi connectivity index (χ1) is 4.84. The highest BCUT2D eigenvalue weighted by Gasteiger charge is 2.06. The highest BCUT2D eigenvalue weighted by Crippen LogP contribution is 2.25. The maximum absolute atomic E-state index is 2.34. The van der Waals surface area contributed by atoms with E-state index in [1.165, 1.54) is 23.6 Å².